The maximum atomic E-state index is 5.58. The molecule has 1 saturated heterocycles. The summed E-state index contributed by atoms with van der Waals surface area (Å²) >= 11 is 1.68. The van der Waals surface area contributed by atoms with E-state index in [1.54, 1.807) is 11.3 Å². The normalized spacial score (nSPS) is 23.2. The van der Waals surface area contributed by atoms with Gasteiger partial charge in [0.15, 0.2) is 0 Å². The molecule has 0 spiro atoms. The first kappa shape index (κ1) is 12.0. The summed E-state index contributed by atoms with van der Waals surface area (Å²) in [5.41, 5.74) is 6.78. The van der Waals surface area contributed by atoms with Gasteiger partial charge in [-0.2, -0.15) is 0 Å². The Morgan fingerprint density at radius 1 is 1.50 bits per heavy atom. The molecule has 1 aliphatic heterocycles. The number of rotatable bonds is 3. The number of thiazole rings is 1. The molecule has 2 rings (SSSR count). The van der Waals surface area contributed by atoms with Gasteiger partial charge in [-0.1, -0.05) is 12.8 Å². The smallest absolute Gasteiger partial charge is 0.106 e. The van der Waals surface area contributed by atoms with Crippen molar-refractivity contribution < 1.29 is 0 Å². The van der Waals surface area contributed by atoms with Gasteiger partial charge in [0.1, 0.15) is 5.01 Å². The van der Waals surface area contributed by atoms with Crippen molar-refractivity contribution in [2.45, 2.75) is 51.7 Å². The van der Waals surface area contributed by atoms with Crippen molar-refractivity contribution in [2.75, 3.05) is 6.54 Å². The Bertz CT molecular complexity index is 324. The fourth-order valence-corrected chi connectivity index (χ4v) is 2.96. The van der Waals surface area contributed by atoms with Crippen LogP contribution >= 0.6 is 11.3 Å². The lowest BCUT2D eigenvalue weighted by atomic mass is 10.1. The third-order valence-corrected chi connectivity index (χ3v) is 4.25. The monoisotopic (exact) mass is 239 g/mol. The van der Waals surface area contributed by atoms with Crippen LogP contribution in [0.25, 0.3) is 0 Å². The summed E-state index contributed by atoms with van der Waals surface area (Å²) < 4.78 is 0. The van der Waals surface area contributed by atoms with E-state index in [4.69, 9.17) is 5.73 Å². The Balaban J connectivity index is 1.96. The van der Waals surface area contributed by atoms with Crippen molar-refractivity contribution in [1.29, 1.82) is 0 Å². The molecule has 16 heavy (non-hydrogen) atoms. The highest BCUT2D eigenvalue weighted by Gasteiger charge is 2.17. The number of nitrogens with two attached hydrogens (primary N) is 1. The van der Waals surface area contributed by atoms with Gasteiger partial charge in [0.25, 0.3) is 0 Å². The molecule has 1 unspecified atom stereocenters. The molecular weight excluding hydrogens is 218 g/mol. The minimum absolute atomic E-state index is 0.570. The Labute approximate surface area is 102 Å². The lowest BCUT2D eigenvalue weighted by Crippen LogP contribution is -2.32. The molecule has 1 aromatic rings. The maximum absolute atomic E-state index is 5.58. The molecule has 4 heteroatoms. The first-order chi connectivity index (χ1) is 7.79. The second kappa shape index (κ2) is 5.75. The average molecular weight is 239 g/mol. The third-order valence-electron chi connectivity index (χ3n) is 3.33. The van der Waals surface area contributed by atoms with Gasteiger partial charge in [0.05, 0.1) is 5.69 Å². The molecule has 0 aromatic carbocycles. The van der Waals surface area contributed by atoms with Crippen LogP contribution in [0.2, 0.25) is 0 Å². The van der Waals surface area contributed by atoms with Gasteiger partial charge in [-0.3, -0.25) is 4.90 Å². The number of aromatic nitrogens is 1. The predicted molar refractivity (Wildman–Crippen MR) is 68.3 cm³/mol. The van der Waals surface area contributed by atoms with Gasteiger partial charge in [0, 0.05) is 24.5 Å². The SMILES string of the molecule is CC1CCCCCN1Cc1csc(CN)n1. The van der Waals surface area contributed by atoms with E-state index in [1.807, 2.05) is 0 Å². The molecule has 3 nitrogen and oxygen atoms in total. The van der Waals surface area contributed by atoms with E-state index >= 15 is 0 Å². The molecule has 1 fully saturated rings. The highest BCUT2D eigenvalue weighted by atomic mass is 32.1. The molecule has 1 aromatic heterocycles. The second-order valence-electron chi connectivity index (χ2n) is 4.61. The van der Waals surface area contributed by atoms with Crippen LogP contribution in [0.15, 0.2) is 5.38 Å². The molecule has 1 aliphatic rings. The molecular formula is C12H21N3S. The van der Waals surface area contributed by atoms with Crippen molar-refractivity contribution in [2.24, 2.45) is 5.73 Å². The summed E-state index contributed by atoms with van der Waals surface area (Å²) in [4.78, 5) is 7.10. The zero-order valence-corrected chi connectivity index (χ0v) is 10.8. The van der Waals surface area contributed by atoms with Crippen LogP contribution in [0, 0.1) is 0 Å². The minimum atomic E-state index is 0.570. The minimum Gasteiger partial charge on any atom is -0.325 e. The van der Waals surface area contributed by atoms with E-state index in [1.165, 1.54) is 37.9 Å². The van der Waals surface area contributed by atoms with Crippen LogP contribution in [0.1, 0.15) is 43.3 Å². The number of nitrogens with zero attached hydrogens (tertiary/aromatic N) is 2. The van der Waals surface area contributed by atoms with Crippen LogP contribution in [-0.2, 0) is 13.1 Å². The average Bonchev–Trinajstić information content (AvgIpc) is 2.65. The molecule has 2 N–H and O–H groups in total. The lowest BCUT2D eigenvalue weighted by molar-refractivity contribution is 0.203. The highest BCUT2D eigenvalue weighted by Crippen LogP contribution is 2.19. The molecule has 1 atom stereocenters. The first-order valence-corrected chi connectivity index (χ1v) is 7.05. The van der Waals surface area contributed by atoms with Crippen LogP contribution < -0.4 is 5.73 Å². The van der Waals surface area contributed by atoms with Gasteiger partial charge >= 0.3 is 0 Å². The van der Waals surface area contributed by atoms with E-state index in [0.29, 0.717) is 12.6 Å². The zero-order chi connectivity index (χ0) is 11.4. The van der Waals surface area contributed by atoms with E-state index in [0.717, 1.165) is 11.6 Å². The molecule has 90 valence electrons. The van der Waals surface area contributed by atoms with E-state index in [2.05, 4.69) is 22.2 Å². The van der Waals surface area contributed by atoms with Crippen molar-refractivity contribution >= 4 is 11.3 Å². The fraction of sp³-hybridized carbons (Fsp3) is 0.750. The Kier molecular flexibility index (Phi) is 4.32. The number of hydrogen-bond donors (Lipinski definition) is 1. The molecule has 0 aliphatic carbocycles. The lowest BCUT2D eigenvalue weighted by Gasteiger charge is -2.25. The fourth-order valence-electron chi connectivity index (χ4n) is 2.29. The Hall–Kier alpha value is -0.450. The Morgan fingerprint density at radius 2 is 2.38 bits per heavy atom. The van der Waals surface area contributed by atoms with Crippen molar-refractivity contribution in [3.05, 3.63) is 16.1 Å². The van der Waals surface area contributed by atoms with Gasteiger partial charge in [-0.25, -0.2) is 4.98 Å². The zero-order valence-electron chi connectivity index (χ0n) is 9.98. The van der Waals surface area contributed by atoms with Gasteiger partial charge in [-0.15, -0.1) is 11.3 Å². The van der Waals surface area contributed by atoms with Gasteiger partial charge < -0.3 is 5.73 Å². The summed E-state index contributed by atoms with van der Waals surface area (Å²) in [6, 6.07) is 0.700. The van der Waals surface area contributed by atoms with Gasteiger partial charge in [0.2, 0.25) is 0 Å². The highest BCUT2D eigenvalue weighted by molar-refractivity contribution is 7.09. The molecule has 0 amide bonds. The van der Waals surface area contributed by atoms with Crippen LogP contribution in [-0.4, -0.2) is 22.5 Å². The van der Waals surface area contributed by atoms with Crippen LogP contribution in [0.4, 0.5) is 0 Å². The Morgan fingerprint density at radius 3 is 3.12 bits per heavy atom. The standard InChI is InChI=1S/C12H21N3S/c1-10-5-3-2-4-6-15(10)8-11-9-16-12(7-13)14-11/h9-10H,2-8,13H2,1H3. The summed E-state index contributed by atoms with van der Waals surface area (Å²) in [7, 11) is 0. The summed E-state index contributed by atoms with van der Waals surface area (Å²) in [6.45, 7) is 5.12. The largest absolute Gasteiger partial charge is 0.325 e. The summed E-state index contributed by atoms with van der Waals surface area (Å²) in [6.07, 6.45) is 5.42. The van der Waals surface area contributed by atoms with E-state index < -0.39 is 0 Å². The summed E-state index contributed by atoms with van der Waals surface area (Å²) in [5.74, 6) is 0. The van der Waals surface area contributed by atoms with Crippen LogP contribution in [0.3, 0.4) is 0 Å². The third kappa shape index (κ3) is 3.03. The van der Waals surface area contributed by atoms with Crippen LogP contribution in [0.5, 0.6) is 0 Å². The van der Waals surface area contributed by atoms with Crippen molar-refractivity contribution in [3.63, 3.8) is 0 Å². The molecule has 2 heterocycles. The number of likely N-dealkylation sites (tertiary alicyclic amines) is 1. The first-order valence-electron chi connectivity index (χ1n) is 6.17. The topological polar surface area (TPSA) is 42.1 Å². The molecule has 0 radical (unpaired) electrons. The van der Waals surface area contributed by atoms with E-state index in [9.17, 15) is 0 Å². The summed E-state index contributed by atoms with van der Waals surface area (Å²) in [5, 5.41) is 3.21. The quantitative estimate of drug-likeness (QED) is 0.880. The van der Waals surface area contributed by atoms with E-state index in [-0.39, 0.29) is 0 Å². The van der Waals surface area contributed by atoms with Crippen molar-refractivity contribution in [3.8, 4) is 0 Å². The van der Waals surface area contributed by atoms with Crippen molar-refractivity contribution in [1.82, 2.24) is 9.88 Å². The molecule has 0 saturated carbocycles. The maximum Gasteiger partial charge on any atom is 0.106 e. The second-order valence-corrected chi connectivity index (χ2v) is 5.55. The predicted octanol–water partition coefficient (Wildman–Crippen LogP) is 2.37. The van der Waals surface area contributed by atoms with Gasteiger partial charge in [-0.05, 0) is 26.3 Å². The molecule has 0 bridgehead atoms. The number of hydrogen-bond acceptors (Lipinski definition) is 4.